The highest BCUT2D eigenvalue weighted by Crippen LogP contribution is 2.22. The summed E-state index contributed by atoms with van der Waals surface area (Å²) in [6.07, 6.45) is 0. The highest BCUT2D eigenvalue weighted by atomic mass is 16.5. The van der Waals surface area contributed by atoms with E-state index in [2.05, 4.69) is 17.1 Å². The minimum absolute atomic E-state index is 0.138. The van der Waals surface area contributed by atoms with Crippen molar-refractivity contribution in [2.45, 2.75) is 13.0 Å². The van der Waals surface area contributed by atoms with E-state index in [0.717, 1.165) is 5.69 Å². The molecule has 0 saturated heterocycles. The lowest BCUT2D eigenvalue weighted by molar-refractivity contribution is 0.0950. The first-order chi connectivity index (χ1) is 14.4. The molecule has 1 unspecified atom stereocenters. The van der Waals surface area contributed by atoms with Gasteiger partial charge in [0.15, 0.2) is 0 Å². The number of ether oxygens (including phenoxy) is 1. The molecule has 154 valence electrons. The Morgan fingerprint density at radius 3 is 1.97 bits per heavy atom. The van der Waals surface area contributed by atoms with Gasteiger partial charge in [0.2, 0.25) is 5.91 Å². The van der Waals surface area contributed by atoms with Crippen LogP contribution in [-0.2, 0) is 0 Å². The van der Waals surface area contributed by atoms with Crippen LogP contribution < -0.4 is 20.7 Å². The molecule has 0 spiro atoms. The summed E-state index contributed by atoms with van der Waals surface area (Å²) in [5.41, 5.74) is 7.31. The molecule has 0 radical (unpaired) electrons. The van der Waals surface area contributed by atoms with Gasteiger partial charge in [0.1, 0.15) is 11.5 Å². The second-order valence-electron chi connectivity index (χ2n) is 7.02. The van der Waals surface area contributed by atoms with Gasteiger partial charge in [0.25, 0.3) is 5.91 Å². The van der Waals surface area contributed by atoms with Crippen molar-refractivity contribution in [3.63, 3.8) is 0 Å². The number of nitrogens with one attached hydrogen (secondary N) is 1. The van der Waals surface area contributed by atoms with Gasteiger partial charge in [-0.2, -0.15) is 0 Å². The van der Waals surface area contributed by atoms with Gasteiger partial charge in [0.05, 0.1) is 0 Å². The van der Waals surface area contributed by atoms with Crippen LogP contribution in [0, 0.1) is 0 Å². The second kappa shape index (κ2) is 9.60. The number of hydrogen-bond donors (Lipinski definition) is 2. The smallest absolute Gasteiger partial charge is 0.251 e. The maximum atomic E-state index is 12.5. The fraction of sp³-hybridized carbons (Fsp3) is 0.167. The fourth-order valence-electron chi connectivity index (χ4n) is 2.89. The number of carbonyl (C=O) groups excluding carboxylic acids is 2. The molecule has 0 bridgehead atoms. The van der Waals surface area contributed by atoms with E-state index < -0.39 is 5.91 Å². The van der Waals surface area contributed by atoms with Crippen molar-refractivity contribution < 1.29 is 14.3 Å². The standard InChI is InChI=1S/C24H25N3O3/c1-17(27(2)20-6-4-3-5-7-20)16-26-24(29)19-10-14-22(15-11-19)30-21-12-8-18(9-13-21)23(25)28/h3-15,17H,16H2,1-2H3,(H2,25,28)(H,26,29). The third-order valence-electron chi connectivity index (χ3n) is 4.87. The van der Waals surface area contributed by atoms with Crippen LogP contribution in [0.1, 0.15) is 27.6 Å². The first kappa shape index (κ1) is 20.9. The third kappa shape index (κ3) is 5.38. The zero-order valence-corrected chi connectivity index (χ0v) is 17.0. The van der Waals surface area contributed by atoms with Crippen molar-refractivity contribution >= 4 is 17.5 Å². The Bertz CT molecular complexity index is 986. The molecular formula is C24H25N3O3. The number of nitrogens with zero attached hydrogens (tertiary/aromatic N) is 1. The predicted octanol–water partition coefficient (Wildman–Crippen LogP) is 3.83. The van der Waals surface area contributed by atoms with Gasteiger partial charge in [-0.3, -0.25) is 9.59 Å². The van der Waals surface area contributed by atoms with Crippen LogP contribution in [0.15, 0.2) is 78.9 Å². The van der Waals surface area contributed by atoms with Crippen LogP contribution in [0.5, 0.6) is 11.5 Å². The van der Waals surface area contributed by atoms with Crippen molar-refractivity contribution in [2.24, 2.45) is 5.73 Å². The average Bonchev–Trinajstić information content (AvgIpc) is 2.78. The number of primary amides is 1. The number of carbonyl (C=O) groups is 2. The van der Waals surface area contributed by atoms with Crippen molar-refractivity contribution in [1.29, 1.82) is 0 Å². The van der Waals surface area contributed by atoms with E-state index in [1.54, 1.807) is 48.5 Å². The summed E-state index contributed by atoms with van der Waals surface area (Å²) in [6, 6.07) is 23.6. The van der Waals surface area contributed by atoms with Gasteiger partial charge in [-0.05, 0) is 67.6 Å². The molecule has 0 heterocycles. The highest BCUT2D eigenvalue weighted by Gasteiger charge is 2.12. The average molecular weight is 403 g/mol. The van der Waals surface area contributed by atoms with Crippen molar-refractivity contribution in [3.05, 3.63) is 90.0 Å². The number of benzene rings is 3. The number of likely N-dealkylation sites (N-methyl/N-ethyl adjacent to an activating group) is 1. The Hall–Kier alpha value is -3.80. The van der Waals surface area contributed by atoms with Crippen LogP contribution in [0.25, 0.3) is 0 Å². The monoisotopic (exact) mass is 403 g/mol. The molecular weight excluding hydrogens is 378 g/mol. The normalized spacial score (nSPS) is 11.4. The van der Waals surface area contributed by atoms with Crippen molar-refractivity contribution in [1.82, 2.24) is 5.32 Å². The molecule has 0 aromatic heterocycles. The summed E-state index contributed by atoms with van der Waals surface area (Å²) < 4.78 is 5.74. The third-order valence-corrected chi connectivity index (χ3v) is 4.87. The SMILES string of the molecule is CC(CNC(=O)c1ccc(Oc2ccc(C(N)=O)cc2)cc1)N(C)c1ccccc1. The minimum Gasteiger partial charge on any atom is -0.457 e. The molecule has 3 rings (SSSR count). The van der Waals surface area contributed by atoms with Gasteiger partial charge in [0, 0.05) is 36.4 Å². The minimum atomic E-state index is -0.485. The van der Waals surface area contributed by atoms with Gasteiger partial charge < -0.3 is 20.7 Å². The Kier molecular flexibility index (Phi) is 6.70. The number of para-hydroxylation sites is 1. The first-order valence-corrected chi connectivity index (χ1v) is 9.68. The van der Waals surface area contributed by atoms with Gasteiger partial charge in [-0.1, -0.05) is 18.2 Å². The van der Waals surface area contributed by atoms with Crippen LogP contribution >= 0.6 is 0 Å². The largest absolute Gasteiger partial charge is 0.457 e. The molecule has 0 fully saturated rings. The lowest BCUT2D eigenvalue weighted by atomic mass is 10.2. The summed E-state index contributed by atoms with van der Waals surface area (Å²) in [5.74, 6) is 0.549. The van der Waals surface area contributed by atoms with Crippen LogP contribution in [0.2, 0.25) is 0 Å². The van der Waals surface area contributed by atoms with E-state index in [0.29, 0.717) is 29.2 Å². The van der Waals surface area contributed by atoms with E-state index in [4.69, 9.17) is 10.5 Å². The summed E-state index contributed by atoms with van der Waals surface area (Å²) in [4.78, 5) is 25.7. The number of amides is 2. The van der Waals surface area contributed by atoms with E-state index >= 15 is 0 Å². The summed E-state index contributed by atoms with van der Waals surface area (Å²) in [5, 5.41) is 2.97. The zero-order chi connectivity index (χ0) is 21.5. The first-order valence-electron chi connectivity index (χ1n) is 9.68. The Balaban J connectivity index is 1.53. The molecule has 6 heteroatoms. The topological polar surface area (TPSA) is 84.7 Å². The molecule has 3 N–H and O–H groups in total. The molecule has 0 aliphatic heterocycles. The number of rotatable bonds is 8. The molecule has 0 saturated carbocycles. The maximum absolute atomic E-state index is 12.5. The molecule has 1 atom stereocenters. The quantitative estimate of drug-likeness (QED) is 0.599. The summed E-state index contributed by atoms with van der Waals surface area (Å²) in [6.45, 7) is 2.59. The number of hydrogen-bond acceptors (Lipinski definition) is 4. The van der Waals surface area contributed by atoms with Crippen LogP contribution in [0.3, 0.4) is 0 Å². The second-order valence-corrected chi connectivity index (χ2v) is 7.02. The lowest BCUT2D eigenvalue weighted by Gasteiger charge is -2.27. The molecule has 3 aromatic rings. The van der Waals surface area contributed by atoms with Crippen LogP contribution in [0.4, 0.5) is 5.69 Å². The maximum Gasteiger partial charge on any atom is 0.251 e. The summed E-state index contributed by atoms with van der Waals surface area (Å²) in [7, 11) is 2.01. The predicted molar refractivity (Wildman–Crippen MR) is 118 cm³/mol. The van der Waals surface area contributed by atoms with Gasteiger partial charge in [-0.15, -0.1) is 0 Å². The fourth-order valence-corrected chi connectivity index (χ4v) is 2.89. The van der Waals surface area contributed by atoms with Crippen molar-refractivity contribution in [2.75, 3.05) is 18.5 Å². The lowest BCUT2D eigenvalue weighted by Crippen LogP contribution is -2.40. The molecule has 6 nitrogen and oxygen atoms in total. The molecule has 0 aliphatic carbocycles. The number of anilines is 1. The van der Waals surface area contributed by atoms with Gasteiger partial charge >= 0.3 is 0 Å². The van der Waals surface area contributed by atoms with Gasteiger partial charge in [-0.25, -0.2) is 0 Å². The van der Waals surface area contributed by atoms with E-state index in [1.807, 2.05) is 37.4 Å². The Morgan fingerprint density at radius 2 is 1.43 bits per heavy atom. The molecule has 3 aromatic carbocycles. The molecule has 0 aliphatic rings. The molecule has 2 amide bonds. The Labute approximate surface area is 176 Å². The number of nitrogens with two attached hydrogens (primary N) is 1. The summed E-state index contributed by atoms with van der Waals surface area (Å²) >= 11 is 0. The van der Waals surface area contributed by atoms with E-state index in [1.165, 1.54) is 0 Å². The Morgan fingerprint density at radius 1 is 0.900 bits per heavy atom. The zero-order valence-electron chi connectivity index (χ0n) is 17.0. The highest BCUT2D eigenvalue weighted by molar-refractivity contribution is 5.94. The van der Waals surface area contributed by atoms with E-state index in [9.17, 15) is 9.59 Å². The van der Waals surface area contributed by atoms with E-state index in [-0.39, 0.29) is 11.9 Å². The molecule has 30 heavy (non-hydrogen) atoms. The van der Waals surface area contributed by atoms with Crippen molar-refractivity contribution in [3.8, 4) is 11.5 Å². The van der Waals surface area contributed by atoms with Crippen LogP contribution in [-0.4, -0.2) is 31.4 Å².